The van der Waals surface area contributed by atoms with Crippen molar-refractivity contribution in [1.29, 1.82) is 0 Å². The van der Waals surface area contributed by atoms with Crippen molar-refractivity contribution in [3.8, 4) is 0 Å². The van der Waals surface area contributed by atoms with Crippen molar-refractivity contribution >= 4 is 23.4 Å². The minimum Gasteiger partial charge on any atom is -0.388 e. The Morgan fingerprint density at radius 1 is 0.879 bits per heavy atom. The number of ketones is 2. The molecule has 8 nitrogen and oxygen atoms in total. The SMILES string of the molecule is CC(C)C[C@H](NC(=O)[C@@H](N)Cc1ccccc1)C(=O)NCC(=O)c1ccccc1C(=O)CO. The zero-order valence-electron chi connectivity index (χ0n) is 18.9. The first-order valence-corrected chi connectivity index (χ1v) is 10.9. The number of hydrogen-bond acceptors (Lipinski definition) is 6. The maximum Gasteiger partial charge on any atom is 0.242 e. The molecule has 176 valence electrons. The van der Waals surface area contributed by atoms with Crippen LogP contribution >= 0.6 is 0 Å². The third kappa shape index (κ3) is 7.93. The van der Waals surface area contributed by atoms with Gasteiger partial charge in [0.05, 0.1) is 12.6 Å². The lowest BCUT2D eigenvalue weighted by Crippen LogP contribution is -2.53. The number of benzene rings is 2. The normalized spacial score (nSPS) is 12.6. The lowest BCUT2D eigenvalue weighted by atomic mass is 9.99. The van der Waals surface area contributed by atoms with Gasteiger partial charge in [-0.1, -0.05) is 68.4 Å². The van der Waals surface area contributed by atoms with Gasteiger partial charge in [0.25, 0.3) is 0 Å². The Bertz CT molecular complexity index is 975. The molecule has 2 amide bonds. The number of nitrogens with two attached hydrogens (primary N) is 1. The number of amides is 2. The molecule has 8 heteroatoms. The number of hydrogen-bond donors (Lipinski definition) is 4. The van der Waals surface area contributed by atoms with E-state index in [2.05, 4.69) is 10.6 Å². The fourth-order valence-electron chi connectivity index (χ4n) is 3.38. The highest BCUT2D eigenvalue weighted by Crippen LogP contribution is 2.11. The number of carbonyl (C=O) groups excluding carboxylic acids is 4. The molecule has 0 aliphatic rings. The third-order valence-corrected chi connectivity index (χ3v) is 5.07. The molecule has 2 rings (SSSR count). The zero-order chi connectivity index (χ0) is 24.4. The molecular formula is C25H31N3O5. The van der Waals surface area contributed by atoms with Crippen LogP contribution in [-0.4, -0.2) is 53.7 Å². The lowest BCUT2D eigenvalue weighted by molar-refractivity contribution is -0.129. The quantitative estimate of drug-likeness (QED) is 0.357. The summed E-state index contributed by atoms with van der Waals surface area (Å²) in [7, 11) is 0. The van der Waals surface area contributed by atoms with Crippen molar-refractivity contribution < 1.29 is 24.3 Å². The van der Waals surface area contributed by atoms with Crippen molar-refractivity contribution in [2.45, 2.75) is 38.8 Å². The summed E-state index contributed by atoms with van der Waals surface area (Å²) >= 11 is 0. The second-order valence-electron chi connectivity index (χ2n) is 8.25. The summed E-state index contributed by atoms with van der Waals surface area (Å²) in [5.74, 6) is -1.92. The van der Waals surface area contributed by atoms with Gasteiger partial charge >= 0.3 is 0 Å². The average molecular weight is 454 g/mol. The summed E-state index contributed by atoms with van der Waals surface area (Å²) < 4.78 is 0. The second-order valence-corrected chi connectivity index (χ2v) is 8.25. The fraction of sp³-hybridized carbons (Fsp3) is 0.360. The summed E-state index contributed by atoms with van der Waals surface area (Å²) in [6.07, 6.45) is 0.695. The van der Waals surface area contributed by atoms with Gasteiger partial charge < -0.3 is 21.5 Å². The highest BCUT2D eigenvalue weighted by Gasteiger charge is 2.25. The highest BCUT2D eigenvalue weighted by atomic mass is 16.3. The van der Waals surface area contributed by atoms with Crippen molar-refractivity contribution in [2.75, 3.05) is 13.2 Å². The first-order chi connectivity index (χ1) is 15.7. The molecule has 5 N–H and O–H groups in total. The molecule has 0 saturated heterocycles. The van der Waals surface area contributed by atoms with E-state index in [0.29, 0.717) is 12.8 Å². The molecule has 2 aromatic rings. The largest absolute Gasteiger partial charge is 0.388 e. The Balaban J connectivity index is 2.02. The minimum atomic E-state index is -0.860. The summed E-state index contributed by atoms with van der Waals surface area (Å²) in [6.45, 7) is 2.76. The molecule has 33 heavy (non-hydrogen) atoms. The van der Waals surface area contributed by atoms with Gasteiger partial charge in [0.15, 0.2) is 11.6 Å². The van der Waals surface area contributed by atoms with Crippen LogP contribution in [-0.2, 0) is 16.0 Å². The number of nitrogens with one attached hydrogen (secondary N) is 2. The van der Waals surface area contributed by atoms with E-state index in [-0.39, 0.29) is 23.6 Å². The molecule has 0 aromatic heterocycles. The third-order valence-electron chi connectivity index (χ3n) is 5.07. The summed E-state index contributed by atoms with van der Waals surface area (Å²) in [6, 6.07) is 13.7. The van der Waals surface area contributed by atoms with E-state index >= 15 is 0 Å². The fourth-order valence-corrected chi connectivity index (χ4v) is 3.38. The Morgan fingerprint density at radius 2 is 1.45 bits per heavy atom. The van der Waals surface area contributed by atoms with E-state index in [1.807, 2.05) is 44.2 Å². The Kier molecular flexibility index (Phi) is 9.90. The first kappa shape index (κ1) is 25.9. The van der Waals surface area contributed by atoms with E-state index in [9.17, 15) is 19.2 Å². The number of aliphatic hydroxyl groups excluding tert-OH is 1. The molecule has 0 radical (unpaired) electrons. The van der Waals surface area contributed by atoms with Crippen molar-refractivity contribution in [2.24, 2.45) is 11.7 Å². The summed E-state index contributed by atoms with van der Waals surface area (Å²) in [5.41, 5.74) is 7.16. The van der Waals surface area contributed by atoms with Crippen LogP contribution in [0.3, 0.4) is 0 Å². The molecule has 0 spiro atoms. The topological polar surface area (TPSA) is 139 Å². The van der Waals surface area contributed by atoms with Crippen LogP contribution in [0, 0.1) is 5.92 Å². The number of rotatable bonds is 12. The van der Waals surface area contributed by atoms with Crippen LogP contribution in [0.15, 0.2) is 54.6 Å². The molecule has 0 aliphatic heterocycles. The average Bonchev–Trinajstić information content (AvgIpc) is 2.81. The zero-order valence-corrected chi connectivity index (χ0v) is 18.9. The lowest BCUT2D eigenvalue weighted by Gasteiger charge is -2.22. The molecule has 0 fully saturated rings. The predicted molar refractivity (Wildman–Crippen MR) is 125 cm³/mol. The van der Waals surface area contributed by atoms with Gasteiger partial charge in [0.1, 0.15) is 12.6 Å². The number of carbonyl (C=O) groups is 4. The van der Waals surface area contributed by atoms with E-state index < -0.39 is 42.1 Å². The Labute approximate surface area is 193 Å². The van der Waals surface area contributed by atoms with Gasteiger partial charge in [-0.25, -0.2) is 0 Å². The van der Waals surface area contributed by atoms with Gasteiger partial charge in [0.2, 0.25) is 11.8 Å². The number of Topliss-reactive ketones (excluding diaryl/α,β-unsaturated/α-hetero) is 2. The maximum absolute atomic E-state index is 12.8. The van der Waals surface area contributed by atoms with Crippen LogP contribution in [0.25, 0.3) is 0 Å². The molecular weight excluding hydrogens is 422 g/mol. The van der Waals surface area contributed by atoms with Gasteiger partial charge in [-0.15, -0.1) is 0 Å². The molecule has 0 saturated carbocycles. The van der Waals surface area contributed by atoms with Crippen LogP contribution in [0.1, 0.15) is 46.5 Å². The van der Waals surface area contributed by atoms with Crippen molar-refractivity contribution in [3.05, 3.63) is 71.3 Å². The smallest absolute Gasteiger partial charge is 0.242 e. The second kappa shape index (κ2) is 12.6. The summed E-state index contributed by atoms with van der Waals surface area (Å²) in [5, 5.41) is 14.4. The van der Waals surface area contributed by atoms with Crippen LogP contribution < -0.4 is 16.4 Å². The molecule has 0 heterocycles. The first-order valence-electron chi connectivity index (χ1n) is 10.9. The Morgan fingerprint density at radius 3 is 2.03 bits per heavy atom. The summed E-state index contributed by atoms with van der Waals surface area (Å²) in [4.78, 5) is 49.9. The highest BCUT2D eigenvalue weighted by molar-refractivity contribution is 6.10. The maximum atomic E-state index is 12.8. The van der Waals surface area contributed by atoms with Crippen LogP contribution in [0.4, 0.5) is 0 Å². The molecule has 2 aromatic carbocycles. The van der Waals surface area contributed by atoms with Crippen molar-refractivity contribution in [1.82, 2.24) is 10.6 Å². The van der Waals surface area contributed by atoms with Crippen LogP contribution in [0.2, 0.25) is 0 Å². The molecule has 0 bridgehead atoms. The van der Waals surface area contributed by atoms with Gasteiger partial charge in [-0.3, -0.25) is 19.2 Å². The van der Waals surface area contributed by atoms with E-state index in [4.69, 9.17) is 10.8 Å². The standard InChI is InChI=1S/C25H31N3O5/c1-16(2)12-21(28-24(32)20(26)13-17-8-4-3-5-9-17)25(33)27-14-22(30)18-10-6-7-11-19(18)23(31)15-29/h3-11,16,20-21,29H,12-15,26H2,1-2H3,(H,27,33)(H,28,32)/t20-,21-/m0/s1. The molecule has 0 aliphatic carbocycles. The molecule has 2 atom stereocenters. The Hall–Kier alpha value is -3.36. The van der Waals surface area contributed by atoms with E-state index in [0.717, 1.165) is 5.56 Å². The van der Waals surface area contributed by atoms with E-state index in [1.54, 1.807) is 12.1 Å². The van der Waals surface area contributed by atoms with Gasteiger partial charge in [-0.05, 0) is 24.3 Å². The monoisotopic (exact) mass is 453 g/mol. The predicted octanol–water partition coefficient (Wildman–Crippen LogP) is 1.26. The molecule has 0 unspecified atom stereocenters. The van der Waals surface area contributed by atoms with Gasteiger partial charge in [-0.2, -0.15) is 0 Å². The number of aliphatic hydroxyl groups is 1. The minimum absolute atomic E-state index is 0.0955. The van der Waals surface area contributed by atoms with Gasteiger partial charge in [0, 0.05) is 11.1 Å². The van der Waals surface area contributed by atoms with E-state index in [1.165, 1.54) is 12.1 Å². The van der Waals surface area contributed by atoms with Crippen molar-refractivity contribution in [3.63, 3.8) is 0 Å². The van der Waals surface area contributed by atoms with Crippen LogP contribution in [0.5, 0.6) is 0 Å².